The minimum Gasteiger partial charge on any atom is -0.376 e. The average Bonchev–Trinajstić information content (AvgIpc) is 2.91. The molecule has 0 aromatic carbocycles. The lowest BCUT2D eigenvalue weighted by Gasteiger charge is -2.56. The van der Waals surface area contributed by atoms with E-state index in [1.54, 1.807) is 7.11 Å². The number of methoxy groups -OCH3 is 1. The van der Waals surface area contributed by atoms with Crippen molar-refractivity contribution in [3.63, 3.8) is 0 Å². The highest BCUT2D eigenvalue weighted by molar-refractivity contribution is 5.23. The Morgan fingerprint density at radius 1 is 1.29 bits per heavy atom. The summed E-state index contributed by atoms with van der Waals surface area (Å²) >= 11 is 0. The van der Waals surface area contributed by atoms with Gasteiger partial charge in [-0.3, -0.25) is 0 Å². The molecule has 2 aliphatic heterocycles. The van der Waals surface area contributed by atoms with Gasteiger partial charge in [-0.05, 0) is 35.7 Å². The van der Waals surface area contributed by atoms with E-state index in [9.17, 15) is 0 Å². The minimum absolute atomic E-state index is 0.00129. The van der Waals surface area contributed by atoms with Crippen LogP contribution in [0.3, 0.4) is 0 Å². The van der Waals surface area contributed by atoms with Crippen molar-refractivity contribution in [2.45, 2.75) is 57.7 Å². The Balaban J connectivity index is 1.38. The number of allylic oxidation sites excluding steroid dienone is 1. The second kappa shape index (κ2) is 5.05. The van der Waals surface area contributed by atoms with Crippen LogP contribution in [0.1, 0.15) is 33.1 Å². The summed E-state index contributed by atoms with van der Waals surface area (Å²) in [5.41, 5.74) is 1.96. The fraction of sp³-hybridized carbons (Fsp3) is 0.882. The van der Waals surface area contributed by atoms with Crippen molar-refractivity contribution >= 4 is 0 Å². The smallest absolute Gasteiger partial charge is 0.184 e. The van der Waals surface area contributed by atoms with Crippen molar-refractivity contribution in [3.8, 4) is 0 Å². The van der Waals surface area contributed by atoms with Gasteiger partial charge in [-0.1, -0.05) is 19.9 Å². The zero-order valence-electron chi connectivity index (χ0n) is 13.2. The van der Waals surface area contributed by atoms with Crippen molar-refractivity contribution in [1.29, 1.82) is 0 Å². The van der Waals surface area contributed by atoms with E-state index in [0.29, 0.717) is 17.9 Å². The molecule has 1 saturated carbocycles. The van der Waals surface area contributed by atoms with Crippen LogP contribution in [0, 0.1) is 17.3 Å². The van der Waals surface area contributed by atoms with E-state index in [0.717, 1.165) is 18.9 Å². The van der Waals surface area contributed by atoms with Gasteiger partial charge in [-0.2, -0.15) is 0 Å². The molecule has 21 heavy (non-hydrogen) atoms. The second-order valence-corrected chi connectivity index (χ2v) is 7.56. The van der Waals surface area contributed by atoms with E-state index in [-0.39, 0.29) is 24.6 Å². The summed E-state index contributed by atoms with van der Waals surface area (Å²) in [6.45, 7) is 6.18. The number of fused-ring (bicyclic) bond motifs is 3. The fourth-order valence-electron chi connectivity index (χ4n) is 4.55. The van der Waals surface area contributed by atoms with Crippen molar-refractivity contribution < 1.29 is 18.9 Å². The van der Waals surface area contributed by atoms with Crippen LogP contribution in [-0.4, -0.2) is 44.9 Å². The molecule has 4 bridgehead atoms. The van der Waals surface area contributed by atoms with Crippen LogP contribution in [0.15, 0.2) is 11.6 Å². The third-order valence-corrected chi connectivity index (χ3v) is 6.27. The third-order valence-electron chi connectivity index (χ3n) is 6.27. The number of hydrogen-bond acceptors (Lipinski definition) is 4. The standard InChI is InChI=1S/C17H26O4/c1-17(2)11-5-4-10(12(17)6-11)8-19-13-7-14(18-3)16-20-9-15(13)21-16/h4,11-16H,5-9H2,1-3H3/t11?,12?,13-,14+,15+,16?/m0/s1. The normalized spacial score (nSPS) is 46.9. The molecule has 4 heteroatoms. The molecule has 0 aromatic heterocycles. The Morgan fingerprint density at radius 2 is 2.14 bits per heavy atom. The Labute approximate surface area is 126 Å². The Bertz CT molecular complexity index is 444. The van der Waals surface area contributed by atoms with Crippen LogP contribution >= 0.6 is 0 Å². The van der Waals surface area contributed by atoms with Gasteiger partial charge in [0.2, 0.25) is 0 Å². The number of rotatable bonds is 4. The molecule has 3 unspecified atom stereocenters. The van der Waals surface area contributed by atoms with E-state index in [2.05, 4.69) is 19.9 Å². The highest BCUT2D eigenvalue weighted by Crippen LogP contribution is 2.59. The van der Waals surface area contributed by atoms with Gasteiger partial charge in [0, 0.05) is 13.5 Å². The first-order valence-corrected chi connectivity index (χ1v) is 8.20. The molecule has 4 nitrogen and oxygen atoms in total. The molecule has 5 rings (SSSR count). The van der Waals surface area contributed by atoms with Crippen molar-refractivity contribution in [2.24, 2.45) is 17.3 Å². The summed E-state index contributed by atoms with van der Waals surface area (Å²) in [5.74, 6) is 1.60. The average molecular weight is 294 g/mol. The summed E-state index contributed by atoms with van der Waals surface area (Å²) in [7, 11) is 1.72. The van der Waals surface area contributed by atoms with Gasteiger partial charge in [0.15, 0.2) is 6.29 Å². The van der Waals surface area contributed by atoms with Crippen molar-refractivity contribution in [3.05, 3.63) is 11.6 Å². The molecule has 3 aliphatic carbocycles. The van der Waals surface area contributed by atoms with Gasteiger partial charge in [0.1, 0.15) is 12.2 Å². The molecular formula is C17H26O4. The Morgan fingerprint density at radius 3 is 2.86 bits per heavy atom. The predicted molar refractivity (Wildman–Crippen MR) is 77.8 cm³/mol. The zero-order valence-corrected chi connectivity index (χ0v) is 13.2. The lowest BCUT2D eigenvalue weighted by molar-refractivity contribution is -0.198. The SMILES string of the molecule is CO[C@@H]1C[C@H](OCC2=CCC3CC2C3(C)C)[C@H]2COC1O2. The first kappa shape index (κ1) is 14.2. The van der Waals surface area contributed by atoms with Crippen molar-refractivity contribution in [2.75, 3.05) is 20.3 Å². The Hall–Kier alpha value is -0.420. The molecule has 0 aromatic rings. The van der Waals surface area contributed by atoms with E-state index < -0.39 is 0 Å². The van der Waals surface area contributed by atoms with Crippen LogP contribution in [-0.2, 0) is 18.9 Å². The maximum absolute atomic E-state index is 6.22. The molecular weight excluding hydrogens is 268 g/mol. The lowest BCUT2D eigenvalue weighted by atomic mass is 9.49. The van der Waals surface area contributed by atoms with Gasteiger partial charge in [-0.25, -0.2) is 0 Å². The van der Waals surface area contributed by atoms with Crippen LogP contribution in [0.5, 0.6) is 0 Å². The number of hydrogen-bond donors (Lipinski definition) is 0. The lowest BCUT2D eigenvalue weighted by Crippen LogP contribution is -2.49. The summed E-state index contributed by atoms with van der Waals surface area (Å²) in [4.78, 5) is 0. The molecule has 0 radical (unpaired) electrons. The predicted octanol–water partition coefficient (Wildman–Crippen LogP) is 2.52. The molecule has 0 amide bonds. The van der Waals surface area contributed by atoms with E-state index in [4.69, 9.17) is 18.9 Å². The Kier molecular flexibility index (Phi) is 3.41. The highest BCUT2D eigenvalue weighted by atomic mass is 16.7. The molecule has 2 heterocycles. The first-order chi connectivity index (χ1) is 10.1. The zero-order chi connectivity index (χ0) is 14.6. The topological polar surface area (TPSA) is 36.9 Å². The van der Waals surface area contributed by atoms with Crippen LogP contribution < -0.4 is 0 Å². The van der Waals surface area contributed by atoms with Crippen LogP contribution in [0.4, 0.5) is 0 Å². The van der Waals surface area contributed by atoms with Gasteiger partial charge in [-0.15, -0.1) is 0 Å². The molecule has 5 aliphatic rings. The van der Waals surface area contributed by atoms with Gasteiger partial charge < -0.3 is 18.9 Å². The van der Waals surface area contributed by atoms with Crippen molar-refractivity contribution in [1.82, 2.24) is 0 Å². The molecule has 0 N–H and O–H groups in total. The quantitative estimate of drug-likeness (QED) is 0.747. The van der Waals surface area contributed by atoms with Gasteiger partial charge in [0.25, 0.3) is 0 Å². The fourth-order valence-corrected chi connectivity index (χ4v) is 4.55. The van der Waals surface area contributed by atoms with E-state index in [1.165, 1.54) is 18.4 Å². The largest absolute Gasteiger partial charge is 0.376 e. The van der Waals surface area contributed by atoms with Crippen LogP contribution in [0.25, 0.3) is 0 Å². The maximum Gasteiger partial charge on any atom is 0.184 e. The first-order valence-electron chi connectivity index (χ1n) is 8.20. The summed E-state index contributed by atoms with van der Waals surface area (Å²) in [6.07, 6.45) is 5.82. The monoisotopic (exact) mass is 294 g/mol. The number of ether oxygens (including phenoxy) is 4. The van der Waals surface area contributed by atoms with E-state index >= 15 is 0 Å². The molecule has 3 fully saturated rings. The van der Waals surface area contributed by atoms with Crippen LogP contribution in [0.2, 0.25) is 0 Å². The van der Waals surface area contributed by atoms with Gasteiger partial charge >= 0.3 is 0 Å². The summed E-state index contributed by atoms with van der Waals surface area (Å²) in [6, 6.07) is 0. The van der Waals surface area contributed by atoms with E-state index in [1.807, 2.05) is 0 Å². The second-order valence-electron chi connectivity index (χ2n) is 7.56. The summed E-state index contributed by atoms with van der Waals surface area (Å²) in [5, 5.41) is 0. The molecule has 0 spiro atoms. The minimum atomic E-state index is -0.194. The highest BCUT2D eigenvalue weighted by Gasteiger charge is 2.51. The molecule has 6 atom stereocenters. The molecule has 2 saturated heterocycles. The third kappa shape index (κ3) is 2.19. The summed E-state index contributed by atoms with van der Waals surface area (Å²) < 4.78 is 23.1. The molecule has 118 valence electrons. The maximum atomic E-state index is 6.22. The van der Waals surface area contributed by atoms with Gasteiger partial charge in [0.05, 0.1) is 19.3 Å².